The normalized spacial score (nSPS) is 16.5. The lowest BCUT2D eigenvalue weighted by Crippen LogP contribution is -2.48. The van der Waals surface area contributed by atoms with Crippen molar-refractivity contribution < 1.29 is 42.3 Å². The molecular weight excluding hydrogens is 388 g/mol. The SMILES string of the molecule is CCOP(=O)(O)C(CC)(NC(=O)CCCC(=O)O)P(=O)(OCC)OCC. The molecule has 0 fully saturated rings. The van der Waals surface area contributed by atoms with Crippen molar-refractivity contribution in [3.8, 4) is 0 Å². The summed E-state index contributed by atoms with van der Waals surface area (Å²) in [7, 11) is -8.98. The lowest BCUT2D eigenvalue weighted by molar-refractivity contribution is -0.137. The van der Waals surface area contributed by atoms with E-state index in [1.165, 1.54) is 27.7 Å². The second kappa shape index (κ2) is 11.2. The van der Waals surface area contributed by atoms with Gasteiger partial charge in [-0.2, -0.15) is 0 Å². The van der Waals surface area contributed by atoms with Gasteiger partial charge in [0.25, 0.3) is 0 Å². The number of carboxylic acids is 1. The van der Waals surface area contributed by atoms with E-state index in [4.69, 9.17) is 18.7 Å². The topological polar surface area (TPSA) is 148 Å². The van der Waals surface area contributed by atoms with Crippen LogP contribution in [0.15, 0.2) is 0 Å². The highest BCUT2D eigenvalue weighted by atomic mass is 31.2. The second-order valence-corrected chi connectivity index (χ2v) is 9.93. The van der Waals surface area contributed by atoms with Crippen LogP contribution in [0.1, 0.15) is 53.4 Å². The molecule has 0 aliphatic rings. The molecule has 2 unspecified atom stereocenters. The molecule has 2 atom stereocenters. The lowest BCUT2D eigenvalue weighted by Gasteiger charge is -2.40. The van der Waals surface area contributed by atoms with Gasteiger partial charge in [-0.25, -0.2) is 0 Å². The molecule has 12 heteroatoms. The third kappa shape index (κ3) is 6.15. The molecule has 26 heavy (non-hydrogen) atoms. The van der Waals surface area contributed by atoms with Crippen LogP contribution in [0, 0.1) is 0 Å². The fourth-order valence-electron chi connectivity index (χ4n) is 2.33. The van der Waals surface area contributed by atoms with Crippen molar-refractivity contribution in [1.82, 2.24) is 5.32 Å². The van der Waals surface area contributed by atoms with Crippen LogP contribution in [0.4, 0.5) is 0 Å². The van der Waals surface area contributed by atoms with E-state index in [1.807, 2.05) is 0 Å². The van der Waals surface area contributed by atoms with E-state index in [1.54, 1.807) is 0 Å². The predicted molar refractivity (Wildman–Crippen MR) is 95.0 cm³/mol. The second-order valence-electron chi connectivity index (χ2n) is 5.24. The highest BCUT2D eigenvalue weighted by Gasteiger charge is 2.64. The van der Waals surface area contributed by atoms with Gasteiger partial charge in [0.1, 0.15) is 0 Å². The quantitative estimate of drug-likeness (QED) is 0.363. The minimum Gasteiger partial charge on any atom is -0.481 e. The number of hydrogen-bond acceptors (Lipinski definition) is 7. The number of nitrogens with one attached hydrogen (secondary N) is 1. The maximum atomic E-state index is 13.3. The average Bonchev–Trinajstić information content (AvgIpc) is 2.52. The van der Waals surface area contributed by atoms with Gasteiger partial charge in [-0.3, -0.25) is 18.7 Å². The van der Waals surface area contributed by atoms with Crippen LogP contribution >= 0.6 is 15.2 Å². The molecule has 0 heterocycles. The maximum Gasteiger partial charge on any atom is 0.368 e. The zero-order chi connectivity index (χ0) is 20.4. The van der Waals surface area contributed by atoms with Crippen molar-refractivity contribution in [3.63, 3.8) is 0 Å². The Morgan fingerprint density at radius 2 is 1.46 bits per heavy atom. The van der Waals surface area contributed by atoms with Crippen molar-refractivity contribution in [3.05, 3.63) is 0 Å². The smallest absolute Gasteiger partial charge is 0.368 e. The molecule has 0 saturated heterocycles. The molecule has 0 bridgehead atoms. The Kier molecular flexibility index (Phi) is 10.8. The number of carbonyl (C=O) groups excluding carboxylic acids is 1. The maximum absolute atomic E-state index is 13.3. The number of aliphatic carboxylic acids is 1. The standard InChI is InChI=1S/C14H29NO9P2/c1-5-14(25(19,20)22-6-2,26(21,23-7-3)24-8-4)15-12(16)10-9-11-13(17)18/h5-11H2,1-4H3,(H,15,16)(H,17,18)(H,19,20). The van der Waals surface area contributed by atoms with Gasteiger partial charge in [-0.05, 0) is 33.6 Å². The average molecular weight is 417 g/mol. The Bertz CT molecular complexity index is 559. The van der Waals surface area contributed by atoms with Crippen molar-refractivity contribution in [1.29, 1.82) is 0 Å². The van der Waals surface area contributed by atoms with Crippen LogP contribution in [0.25, 0.3) is 0 Å². The molecule has 0 aliphatic heterocycles. The molecule has 0 aromatic rings. The van der Waals surface area contributed by atoms with E-state index >= 15 is 0 Å². The van der Waals surface area contributed by atoms with Crippen molar-refractivity contribution >= 4 is 27.1 Å². The summed E-state index contributed by atoms with van der Waals surface area (Å²) >= 11 is 0. The summed E-state index contributed by atoms with van der Waals surface area (Å²) in [6.45, 7) is 5.66. The van der Waals surface area contributed by atoms with Crippen molar-refractivity contribution in [2.45, 2.75) is 58.4 Å². The predicted octanol–water partition coefficient (Wildman–Crippen LogP) is 2.91. The van der Waals surface area contributed by atoms with E-state index in [2.05, 4.69) is 5.32 Å². The van der Waals surface area contributed by atoms with E-state index in [0.29, 0.717) is 0 Å². The van der Waals surface area contributed by atoms with Crippen LogP contribution in [-0.2, 0) is 32.3 Å². The zero-order valence-corrected chi connectivity index (χ0v) is 17.4. The summed E-state index contributed by atoms with van der Waals surface area (Å²) < 4.78 is 41.6. The molecule has 10 nitrogen and oxygen atoms in total. The third-order valence-corrected chi connectivity index (χ3v) is 9.44. The molecule has 0 rings (SSSR count). The van der Waals surface area contributed by atoms with Gasteiger partial charge in [0, 0.05) is 12.8 Å². The number of carboxylic acid groups (broad SMARTS) is 1. The molecule has 0 spiro atoms. The van der Waals surface area contributed by atoms with Gasteiger partial charge in [-0.15, -0.1) is 0 Å². The number of rotatable bonds is 14. The zero-order valence-electron chi connectivity index (χ0n) is 15.6. The van der Waals surface area contributed by atoms with Crippen LogP contribution < -0.4 is 5.32 Å². The first-order chi connectivity index (χ1) is 12.1. The Labute approximate surface area is 153 Å². The molecule has 0 radical (unpaired) electrons. The first-order valence-corrected chi connectivity index (χ1v) is 11.6. The van der Waals surface area contributed by atoms with Crippen LogP contribution in [-0.4, -0.2) is 46.7 Å². The molecule has 0 aromatic heterocycles. The first-order valence-electron chi connectivity index (χ1n) is 8.45. The van der Waals surface area contributed by atoms with E-state index in [-0.39, 0.29) is 45.5 Å². The summed E-state index contributed by atoms with van der Waals surface area (Å²) in [5.74, 6) is -1.82. The van der Waals surface area contributed by atoms with Crippen molar-refractivity contribution in [2.75, 3.05) is 19.8 Å². The van der Waals surface area contributed by atoms with E-state index in [0.717, 1.165) is 0 Å². The van der Waals surface area contributed by atoms with Crippen LogP contribution in [0.2, 0.25) is 0 Å². The van der Waals surface area contributed by atoms with Gasteiger partial charge in [0.2, 0.25) is 10.9 Å². The van der Waals surface area contributed by atoms with Gasteiger partial charge >= 0.3 is 21.2 Å². The van der Waals surface area contributed by atoms with Crippen LogP contribution in [0.3, 0.4) is 0 Å². The summed E-state index contributed by atoms with van der Waals surface area (Å²) in [5, 5.41) is 8.67. The third-order valence-electron chi connectivity index (χ3n) is 3.45. The fourth-order valence-corrected chi connectivity index (χ4v) is 7.15. The Hall–Kier alpha value is -0.760. The Morgan fingerprint density at radius 1 is 0.962 bits per heavy atom. The summed E-state index contributed by atoms with van der Waals surface area (Å²) in [6.07, 6.45) is -0.733. The summed E-state index contributed by atoms with van der Waals surface area (Å²) in [5.41, 5.74) is 0. The Balaban J connectivity index is 5.92. The number of carbonyl (C=O) groups is 2. The molecule has 0 aliphatic carbocycles. The first kappa shape index (κ1) is 25.2. The summed E-state index contributed by atoms with van der Waals surface area (Å²) in [4.78, 5) is 33.3. The lowest BCUT2D eigenvalue weighted by atomic mass is 10.2. The highest BCUT2D eigenvalue weighted by molar-refractivity contribution is 7.73. The monoisotopic (exact) mass is 417 g/mol. The van der Waals surface area contributed by atoms with Gasteiger partial charge in [0.15, 0.2) is 0 Å². The highest BCUT2D eigenvalue weighted by Crippen LogP contribution is 2.75. The molecule has 0 aromatic carbocycles. The largest absolute Gasteiger partial charge is 0.481 e. The van der Waals surface area contributed by atoms with Gasteiger partial charge in [0.05, 0.1) is 19.8 Å². The fraction of sp³-hybridized carbons (Fsp3) is 0.857. The molecule has 1 amide bonds. The van der Waals surface area contributed by atoms with Gasteiger partial charge < -0.3 is 28.9 Å². The van der Waals surface area contributed by atoms with Crippen molar-refractivity contribution in [2.24, 2.45) is 0 Å². The summed E-state index contributed by atoms with van der Waals surface area (Å²) in [6, 6.07) is 0. The Morgan fingerprint density at radius 3 is 1.85 bits per heavy atom. The molecule has 3 N–H and O–H groups in total. The van der Waals surface area contributed by atoms with E-state index in [9.17, 15) is 23.6 Å². The molecule has 154 valence electrons. The minimum atomic E-state index is -4.68. The molecule has 0 saturated carbocycles. The van der Waals surface area contributed by atoms with Crippen LogP contribution in [0.5, 0.6) is 0 Å². The molecular formula is C14H29NO9P2. The number of hydrogen-bond donors (Lipinski definition) is 3. The van der Waals surface area contributed by atoms with Gasteiger partial charge in [-0.1, -0.05) is 6.92 Å². The van der Waals surface area contributed by atoms with E-state index < -0.39 is 32.1 Å². The number of amides is 1. The minimum absolute atomic E-state index is 0.0128.